The third-order valence-electron chi connectivity index (χ3n) is 0.539. The zero-order chi connectivity index (χ0) is 7.54. The van der Waals surface area contributed by atoms with E-state index in [-0.39, 0.29) is 7.43 Å². The predicted molar refractivity (Wildman–Crippen MR) is 46.1 cm³/mol. The first-order valence-electron chi connectivity index (χ1n) is 3.15. The summed E-state index contributed by atoms with van der Waals surface area (Å²) in [4.78, 5) is 0. The molecule has 1 heterocycles. The predicted octanol–water partition coefficient (Wildman–Crippen LogP) is 2.46. The SMILES string of the molecule is C.C1COCO1.C=C.CC. The molecule has 0 unspecified atom stereocenters. The van der Waals surface area contributed by atoms with Crippen molar-refractivity contribution in [1.29, 1.82) is 0 Å². The summed E-state index contributed by atoms with van der Waals surface area (Å²) in [6.45, 7) is 12.1. The van der Waals surface area contributed by atoms with E-state index in [0.717, 1.165) is 13.2 Å². The van der Waals surface area contributed by atoms with Gasteiger partial charge in [0.2, 0.25) is 0 Å². The van der Waals surface area contributed by atoms with E-state index in [1.54, 1.807) is 0 Å². The minimum absolute atomic E-state index is 0. The molecule has 0 aromatic heterocycles. The molecular formula is C8H20O2. The Morgan fingerprint density at radius 2 is 1.30 bits per heavy atom. The zero-order valence-electron chi connectivity index (χ0n) is 6.35. The van der Waals surface area contributed by atoms with Crippen molar-refractivity contribution in [2.24, 2.45) is 0 Å². The van der Waals surface area contributed by atoms with E-state index in [1.165, 1.54) is 0 Å². The number of rotatable bonds is 0. The van der Waals surface area contributed by atoms with Crippen molar-refractivity contribution in [1.82, 2.24) is 0 Å². The summed E-state index contributed by atoms with van der Waals surface area (Å²) in [7, 11) is 0. The highest BCUT2D eigenvalue weighted by molar-refractivity contribution is 4.28. The maximum Gasteiger partial charge on any atom is 0.146 e. The summed E-state index contributed by atoms with van der Waals surface area (Å²) < 4.78 is 9.44. The molecule has 0 amide bonds. The topological polar surface area (TPSA) is 18.5 Å². The van der Waals surface area contributed by atoms with Crippen LogP contribution in [0.1, 0.15) is 21.3 Å². The molecule has 1 aliphatic rings. The van der Waals surface area contributed by atoms with Crippen LogP contribution in [-0.4, -0.2) is 20.0 Å². The van der Waals surface area contributed by atoms with Crippen LogP contribution in [0.4, 0.5) is 0 Å². The van der Waals surface area contributed by atoms with E-state index in [4.69, 9.17) is 9.47 Å². The van der Waals surface area contributed by atoms with E-state index < -0.39 is 0 Å². The average molecular weight is 148 g/mol. The lowest BCUT2D eigenvalue weighted by molar-refractivity contribution is 0.0692. The van der Waals surface area contributed by atoms with Crippen molar-refractivity contribution in [3.05, 3.63) is 13.2 Å². The van der Waals surface area contributed by atoms with Crippen LogP contribution in [0.5, 0.6) is 0 Å². The Morgan fingerprint density at radius 1 is 1.00 bits per heavy atom. The Bertz CT molecular complexity index is 26.6. The Hall–Kier alpha value is -0.340. The number of hydrogen-bond acceptors (Lipinski definition) is 2. The second-order valence-electron chi connectivity index (χ2n) is 0.934. The molecule has 0 aromatic carbocycles. The molecule has 10 heavy (non-hydrogen) atoms. The van der Waals surface area contributed by atoms with Gasteiger partial charge in [0.25, 0.3) is 0 Å². The minimum atomic E-state index is 0. The smallest absolute Gasteiger partial charge is 0.146 e. The molecular weight excluding hydrogens is 128 g/mol. The van der Waals surface area contributed by atoms with Crippen molar-refractivity contribution in [2.45, 2.75) is 21.3 Å². The van der Waals surface area contributed by atoms with Crippen molar-refractivity contribution < 1.29 is 9.47 Å². The van der Waals surface area contributed by atoms with Crippen LogP contribution >= 0.6 is 0 Å². The summed E-state index contributed by atoms with van der Waals surface area (Å²) in [5.74, 6) is 0. The lowest BCUT2D eigenvalue weighted by atomic mass is 10.8. The molecule has 1 aliphatic heterocycles. The summed E-state index contributed by atoms with van der Waals surface area (Å²) in [6, 6.07) is 0. The van der Waals surface area contributed by atoms with Gasteiger partial charge in [0.05, 0.1) is 13.2 Å². The molecule has 0 bridgehead atoms. The van der Waals surface area contributed by atoms with Crippen LogP contribution in [0.25, 0.3) is 0 Å². The van der Waals surface area contributed by atoms with Gasteiger partial charge >= 0.3 is 0 Å². The van der Waals surface area contributed by atoms with Crippen LogP contribution in [0.2, 0.25) is 0 Å². The molecule has 0 radical (unpaired) electrons. The highest BCUT2D eigenvalue weighted by atomic mass is 16.7. The van der Waals surface area contributed by atoms with Gasteiger partial charge in [-0.15, -0.1) is 13.2 Å². The first-order valence-corrected chi connectivity index (χ1v) is 3.15. The van der Waals surface area contributed by atoms with E-state index in [2.05, 4.69) is 13.2 Å². The van der Waals surface area contributed by atoms with Gasteiger partial charge in [-0.1, -0.05) is 21.3 Å². The minimum Gasteiger partial charge on any atom is -0.353 e. The normalized spacial score (nSPS) is 13.0. The second-order valence-corrected chi connectivity index (χ2v) is 0.934. The average Bonchev–Trinajstić information content (AvgIpc) is 2.51. The zero-order valence-corrected chi connectivity index (χ0v) is 6.35. The molecule has 0 atom stereocenters. The molecule has 2 heteroatoms. The standard InChI is InChI=1S/C3H6O2.C2H6.C2H4.CH4/c1-2-5-3-4-1;2*1-2;/h1-3H2;1-2H3;1-2H2;1H4. The van der Waals surface area contributed by atoms with E-state index in [0.29, 0.717) is 6.79 Å². The van der Waals surface area contributed by atoms with Gasteiger partial charge in [0.15, 0.2) is 0 Å². The highest BCUT2D eigenvalue weighted by Gasteiger charge is 1.93. The fourth-order valence-corrected chi connectivity index (χ4v) is 0.295. The second kappa shape index (κ2) is 23.4. The Morgan fingerprint density at radius 3 is 1.40 bits per heavy atom. The Balaban J connectivity index is -0.0000000875. The fourth-order valence-electron chi connectivity index (χ4n) is 0.295. The van der Waals surface area contributed by atoms with Crippen LogP contribution in [0, 0.1) is 0 Å². The molecule has 1 fully saturated rings. The quantitative estimate of drug-likeness (QED) is 0.491. The van der Waals surface area contributed by atoms with Crippen molar-refractivity contribution in [2.75, 3.05) is 20.0 Å². The molecule has 64 valence electrons. The first kappa shape index (κ1) is 16.3. The first-order chi connectivity index (χ1) is 4.50. The fraction of sp³-hybridized carbons (Fsp3) is 0.750. The van der Waals surface area contributed by atoms with Gasteiger partial charge in [-0.3, -0.25) is 0 Å². The molecule has 1 saturated heterocycles. The van der Waals surface area contributed by atoms with Gasteiger partial charge in [-0.25, -0.2) is 0 Å². The maximum atomic E-state index is 4.72. The van der Waals surface area contributed by atoms with Gasteiger partial charge in [-0.2, -0.15) is 0 Å². The highest BCUT2D eigenvalue weighted by Crippen LogP contribution is 1.85. The summed E-state index contributed by atoms with van der Waals surface area (Å²) in [5, 5.41) is 0. The van der Waals surface area contributed by atoms with Crippen LogP contribution in [0.15, 0.2) is 13.2 Å². The summed E-state index contributed by atoms with van der Waals surface area (Å²) in [6.07, 6.45) is 0. The molecule has 0 spiro atoms. The van der Waals surface area contributed by atoms with Gasteiger partial charge < -0.3 is 9.47 Å². The molecule has 0 aliphatic carbocycles. The van der Waals surface area contributed by atoms with Crippen LogP contribution in [0.3, 0.4) is 0 Å². The molecule has 2 nitrogen and oxygen atoms in total. The van der Waals surface area contributed by atoms with Crippen molar-refractivity contribution in [3.8, 4) is 0 Å². The van der Waals surface area contributed by atoms with Gasteiger partial charge in [-0.05, 0) is 0 Å². The molecule has 0 saturated carbocycles. The van der Waals surface area contributed by atoms with Crippen molar-refractivity contribution >= 4 is 0 Å². The van der Waals surface area contributed by atoms with Crippen molar-refractivity contribution in [3.63, 3.8) is 0 Å². The van der Waals surface area contributed by atoms with Crippen LogP contribution in [-0.2, 0) is 9.47 Å². The molecule has 0 N–H and O–H groups in total. The lowest BCUT2D eigenvalue weighted by Gasteiger charge is -1.76. The number of ether oxygens (including phenoxy) is 2. The molecule has 1 rings (SSSR count). The monoisotopic (exact) mass is 148 g/mol. The lowest BCUT2D eigenvalue weighted by Crippen LogP contribution is -1.79. The van der Waals surface area contributed by atoms with E-state index >= 15 is 0 Å². The largest absolute Gasteiger partial charge is 0.353 e. The third-order valence-corrected chi connectivity index (χ3v) is 0.539. The maximum absolute atomic E-state index is 4.72. The van der Waals surface area contributed by atoms with E-state index in [1.807, 2.05) is 13.8 Å². The Kier molecular flexibility index (Phi) is 38.2. The molecule has 0 aromatic rings. The summed E-state index contributed by atoms with van der Waals surface area (Å²) >= 11 is 0. The van der Waals surface area contributed by atoms with E-state index in [9.17, 15) is 0 Å². The Labute approximate surface area is 64.8 Å². The third kappa shape index (κ3) is 15.6. The number of hydrogen-bond donors (Lipinski definition) is 0. The van der Waals surface area contributed by atoms with Crippen LogP contribution < -0.4 is 0 Å². The summed E-state index contributed by atoms with van der Waals surface area (Å²) in [5.41, 5.74) is 0. The van der Waals surface area contributed by atoms with Gasteiger partial charge in [0.1, 0.15) is 6.79 Å². The van der Waals surface area contributed by atoms with Gasteiger partial charge in [0, 0.05) is 0 Å².